The molecule has 7 heteroatoms. The van der Waals surface area contributed by atoms with Gasteiger partial charge in [0, 0.05) is 24.7 Å². The van der Waals surface area contributed by atoms with Crippen LogP contribution in [0.4, 0.5) is 0 Å². The van der Waals surface area contributed by atoms with Crippen LogP contribution in [0.25, 0.3) is 0 Å². The Morgan fingerprint density at radius 2 is 1.86 bits per heavy atom. The van der Waals surface area contributed by atoms with Gasteiger partial charge in [-0.2, -0.15) is 0 Å². The Kier molecular flexibility index (Phi) is 7.17. The Hall–Kier alpha value is -2.08. The maximum absolute atomic E-state index is 13.0. The lowest BCUT2D eigenvalue weighted by molar-refractivity contribution is -0.125. The summed E-state index contributed by atoms with van der Waals surface area (Å²) in [4.78, 5) is 29.5. The number of hydrogen-bond acceptors (Lipinski definition) is 3. The van der Waals surface area contributed by atoms with Gasteiger partial charge in [0.15, 0.2) is 0 Å². The van der Waals surface area contributed by atoms with E-state index in [0.717, 1.165) is 18.5 Å². The molecule has 0 bridgehead atoms. The van der Waals surface area contributed by atoms with Crippen molar-refractivity contribution in [1.82, 2.24) is 15.1 Å². The van der Waals surface area contributed by atoms with Gasteiger partial charge in [0.1, 0.15) is 6.04 Å². The monoisotopic (exact) mass is 433 g/mol. The van der Waals surface area contributed by atoms with Gasteiger partial charge in [-0.25, -0.2) is 0 Å². The molecule has 1 fully saturated rings. The van der Waals surface area contributed by atoms with E-state index in [1.165, 1.54) is 5.56 Å². The molecule has 2 aromatic rings. The highest BCUT2D eigenvalue weighted by Gasteiger charge is 2.35. The molecule has 0 spiro atoms. The van der Waals surface area contributed by atoms with Gasteiger partial charge in [0.25, 0.3) is 5.91 Å². The molecule has 1 atom stereocenters. The van der Waals surface area contributed by atoms with E-state index in [9.17, 15) is 9.59 Å². The molecule has 0 radical (unpaired) electrons. The first kappa shape index (κ1) is 21.6. The van der Waals surface area contributed by atoms with Crippen LogP contribution in [0.5, 0.6) is 0 Å². The minimum Gasteiger partial charge on any atom is -0.350 e. The molecule has 1 unspecified atom stereocenters. The van der Waals surface area contributed by atoms with Crippen LogP contribution in [-0.4, -0.2) is 48.3 Å². The van der Waals surface area contributed by atoms with Gasteiger partial charge in [-0.1, -0.05) is 47.5 Å². The standard InChI is InChI=1S/C22H25Cl2N3O2/c1-26(2)14-16-7-4-3-6-15(16)13-25-21(28)20-8-5-11-27(20)22(29)18-12-17(23)9-10-19(18)24/h3-4,6-7,9-10,12,20H,5,8,11,13-14H2,1-2H3,(H,25,28). The average molecular weight is 434 g/mol. The molecule has 2 aromatic carbocycles. The highest BCUT2D eigenvalue weighted by Crippen LogP contribution is 2.26. The summed E-state index contributed by atoms with van der Waals surface area (Å²) in [6.07, 6.45) is 1.41. The molecule has 1 aliphatic rings. The van der Waals surface area contributed by atoms with Gasteiger partial charge in [-0.3, -0.25) is 9.59 Å². The summed E-state index contributed by atoms with van der Waals surface area (Å²) in [6, 6.07) is 12.3. The van der Waals surface area contributed by atoms with Gasteiger partial charge in [-0.15, -0.1) is 0 Å². The molecule has 1 heterocycles. The van der Waals surface area contributed by atoms with Crippen LogP contribution in [0.15, 0.2) is 42.5 Å². The van der Waals surface area contributed by atoms with Gasteiger partial charge >= 0.3 is 0 Å². The van der Waals surface area contributed by atoms with E-state index < -0.39 is 6.04 Å². The molecule has 1 aliphatic heterocycles. The van der Waals surface area contributed by atoms with Crippen molar-refractivity contribution in [2.24, 2.45) is 0 Å². The molecular formula is C22H25Cl2N3O2. The van der Waals surface area contributed by atoms with Crippen molar-refractivity contribution in [2.45, 2.75) is 32.0 Å². The van der Waals surface area contributed by atoms with Crippen LogP contribution in [-0.2, 0) is 17.9 Å². The third kappa shape index (κ3) is 5.30. The molecule has 0 aromatic heterocycles. The minimum atomic E-state index is -0.501. The second-order valence-corrected chi connectivity index (χ2v) is 8.35. The summed E-state index contributed by atoms with van der Waals surface area (Å²) in [7, 11) is 4.02. The van der Waals surface area contributed by atoms with Crippen molar-refractivity contribution in [3.63, 3.8) is 0 Å². The number of nitrogens with one attached hydrogen (secondary N) is 1. The number of carbonyl (C=O) groups is 2. The first-order chi connectivity index (χ1) is 13.9. The van der Waals surface area contributed by atoms with Gasteiger partial charge in [0.05, 0.1) is 10.6 Å². The molecule has 5 nitrogen and oxygen atoms in total. The van der Waals surface area contributed by atoms with Crippen LogP contribution >= 0.6 is 23.2 Å². The van der Waals surface area contributed by atoms with E-state index in [2.05, 4.69) is 16.3 Å². The Labute approximate surface area is 181 Å². The molecule has 2 amide bonds. The third-order valence-corrected chi connectivity index (χ3v) is 5.60. The predicted molar refractivity (Wildman–Crippen MR) is 116 cm³/mol. The van der Waals surface area contributed by atoms with Crippen molar-refractivity contribution >= 4 is 35.0 Å². The minimum absolute atomic E-state index is 0.145. The lowest BCUT2D eigenvalue weighted by Crippen LogP contribution is -2.45. The van der Waals surface area contributed by atoms with E-state index >= 15 is 0 Å². The van der Waals surface area contributed by atoms with Gasteiger partial charge < -0.3 is 15.1 Å². The summed E-state index contributed by atoms with van der Waals surface area (Å²) in [5.41, 5.74) is 2.57. The molecule has 1 saturated heterocycles. The largest absolute Gasteiger partial charge is 0.350 e. The lowest BCUT2D eigenvalue weighted by atomic mass is 10.1. The smallest absolute Gasteiger partial charge is 0.256 e. The van der Waals surface area contributed by atoms with Crippen LogP contribution < -0.4 is 5.32 Å². The number of rotatable bonds is 6. The number of hydrogen-bond donors (Lipinski definition) is 1. The fourth-order valence-corrected chi connectivity index (χ4v) is 3.99. The maximum Gasteiger partial charge on any atom is 0.256 e. The molecule has 3 rings (SSSR count). The van der Waals surface area contributed by atoms with Gasteiger partial charge in [0.2, 0.25) is 5.91 Å². The van der Waals surface area contributed by atoms with Crippen molar-refractivity contribution in [2.75, 3.05) is 20.6 Å². The number of halogens is 2. The topological polar surface area (TPSA) is 52.7 Å². The van der Waals surface area contributed by atoms with E-state index in [1.54, 1.807) is 23.1 Å². The summed E-state index contributed by atoms with van der Waals surface area (Å²) < 4.78 is 0. The zero-order valence-corrected chi connectivity index (χ0v) is 18.1. The van der Waals surface area contributed by atoms with Crippen molar-refractivity contribution < 1.29 is 9.59 Å². The van der Waals surface area contributed by atoms with E-state index in [0.29, 0.717) is 35.1 Å². The lowest BCUT2D eigenvalue weighted by Gasteiger charge is -2.25. The van der Waals surface area contributed by atoms with Gasteiger partial charge in [-0.05, 0) is 56.3 Å². The molecule has 1 N–H and O–H groups in total. The Bertz CT molecular complexity index is 901. The number of amides is 2. The van der Waals surface area contributed by atoms with E-state index in [1.807, 2.05) is 32.3 Å². The third-order valence-electron chi connectivity index (χ3n) is 5.03. The first-order valence-corrected chi connectivity index (χ1v) is 10.4. The summed E-state index contributed by atoms with van der Waals surface area (Å²) in [5, 5.41) is 3.78. The van der Waals surface area contributed by atoms with Crippen LogP contribution in [0.1, 0.15) is 34.3 Å². The Balaban J connectivity index is 1.69. The molecule has 0 aliphatic carbocycles. The molecular weight excluding hydrogens is 409 g/mol. The SMILES string of the molecule is CN(C)Cc1ccccc1CNC(=O)C1CCCN1C(=O)c1cc(Cl)ccc1Cl. The summed E-state index contributed by atoms with van der Waals surface area (Å²) in [6.45, 7) is 1.75. The van der Waals surface area contributed by atoms with Crippen LogP contribution in [0, 0.1) is 0 Å². The highest BCUT2D eigenvalue weighted by molar-refractivity contribution is 6.35. The number of carbonyl (C=O) groups excluding carboxylic acids is 2. The van der Waals surface area contributed by atoms with Crippen LogP contribution in [0.3, 0.4) is 0 Å². The fourth-order valence-electron chi connectivity index (χ4n) is 3.62. The highest BCUT2D eigenvalue weighted by atomic mass is 35.5. The zero-order valence-electron chi connectivity index (χ0n) is 16.6. The normalized spacial score (nSPS) is 16.3. The predicted octanol–water partition coefficient (Wildman–Crippen LogP) is 3.98. The summed E-state index contributed by atoms with van der Waals surface area (Å²) >= 11 is 12.2. The number of nitrogens with zero attached hydrogens (tertiary/aromatic N) is 2. The van der Waals surface area contributed by atoms with E-state index in [-0.39, 0.29) is 11.8 Å². The second-order valence-electron chi connectivity index (χ2n) is 7.51. The number of benzene rings is 2. The molecule has 154 valence electrons. The van der Waals surface area contributed by atoms with Crippen molar-refractivity contribution in [1.29, 1.82) is 0 Å². The quantitative estimate of drug-likeness (QED) is 0.749. The maximum atomic E-state index is 13.0. The van der Waals surface area contributed by atoms with E-state index in [4.69, 9.17) is 23.2 Å². The average Bonchev–Trinajstić information content (AvgIpc) is 3.18. The first-order valence-electron chi connectivity index (χ1n) is 9.62. The number of likely N-dealkylation sites (tertiary alicyclic amines) is 1. The molecule has 0 saturated carbocycles. The van der Waals surface area contributed by atoms with Crippen LogP contribution in [0.2, 0.25) is 10.0 Å². The Morgan fingerprint density at radius 1 is 1.14 bits per heavy atom. The second kappa shape index (κ2) is 9.61. The van der Waals surface area contributed by atoms with Crippen molar-refractivity contribution in [3.8, 4) is 0 Å². The fraction of sp³-hybridized carbons (Fsp3) is 0.364. The zero-order chi connectivity index (χ0) is 21.0. The van der Waals surface area contributed by atoms with Crippen molar-refractivity contribution in [3.05, 3.63) is 69.2 Å². The molecule has 29 heavy (non-hydrogen) atoms. The summed E-state index contributed by atoms with van der Waals surface area (Å²) in [5.74, 6) is -0.406. The Morgan fingerprint density at radius 3 is 2.59 bits per heavy atom.